The van der Waals surface area contributed by atoms with Crippen LogP contribution in [0.4, 0.5) is 23.2 Å². The molecule has 1 amide bonds. The summed E-state index contributed by atoms with van der Waals surface area (Å²) >= 11 is 0. The number of hydrogen-bond acceptors (Lipinski definition) is 2. The van der Waals surface area contributed by atoms with E-state index in [2.05, 4.69) is 23.1 Å². The average Bonchev–Trinajstić information content (AvgIpc) is 2.56. The summed E-state index contributed by atoms with van der Waals surface area (Å²) in [6, 6.07) is 0. The standard InChI is InChI=1S/C13H16B2F4N4O/c14-15-5-3-1-2-4-6-21-13(24)7-8(16)10(18)12(22-23-20)11(19)9(7)17/h15H,1-6,14H2,(H,21,24). The Morgan fingerprint density at radius 2 is 1.67 bits per heavy atom. The Kier molecular flexibility index (Phi) is 8.18. The second-order valence-corrected chi connectivity index (χ2v) is 5.19. The Bertz CT molecular complexity index is 624. The van der Waals surface area contributed by atoms with Gasteiger partial charge in [-0.05, 0) is 12.0 Å². The molecule has 11 heteroatoms. The van der Waals surface area contributed by atoms with Crippen LogP contribution in [-0.2, 0) is 0 Å². The quantitative estimate of drug-likeness (QED) is 0.140. The smallest absolute Gasteiger partial charge is 0.257 e. The van der Waals surface area contributed by atoms with E-state index < -0.39 is 40.4 Å². The fourth-order valence-corrected chi connectivity index (χ4v) is 2.15. The first-order valence-electron chi connectivity index (χ1n) is 7.64. The number of rotatable bonds is 9. The second kappa shape index (κ2) is 9.87. The van der Waals surface area contributed by atoms with Crippen molar-refractivity contribution >= 4 is 26.5 Å². The van der Waals surface area contributed by atoms with Crippen LogP contribution in [0.5, 0.6) is 0 Å². The van der Waals surface area contributed by atoms with Crippen molar-refractivity contribution in [1.29, 1.82) is 0 Å². The molecule has 5 nitrogen and oxygen atoms in total. The van der Waals surface area contributed by atoms with Gasteiger partial charge >= 0.3 is 0 Å². The van der Waals surface area contributed by atoms with Gasteiger partial charge in [0.2, 0.25) is 0 Å². The van der Waals surface area contributed by atoms with Crippen LogP contribution in [0.3, 0.4) is 0 Å². The predicted octanol–water partition coefficient (Wildman–Crippen LogP) is 2.88. The molecule has 0 atom stereocenters. The van der Waals surface area contributed by atoms with Crippen LogP contribution in [-0.4, -0.2) is 27.4 Å². The molecule has 24 heavy (non-hydrogen) atoms. The molecule has 0 aromatic heterocycles. The van der Waals surface area contributed by atoms with Gasteiger partial charge in [0.05, 0.1) is 14.9 Å². The van der Waals surface area contributed by atoms with Gasteiger partial charge in [-0.3, -0.25) is 4.79 Å². The van der Waals surface area contributed by atoms with Crippen LogP contribution in [0.25, 0.3) is 10.4 Å². The number of nitrogens with zero attached hydrogens (tertiary/aromatic N) is 3. The number of halogens is 4. The highest BCUT2D eigenvalue weighted by Crippen LogP contribution is 2.30. The molecule has 0 aliphatic rings. The summed E-state index contributed by atoms with van der Waals surface area (Å²) in [6.07, 6.45) is 4.55. The van der Waals surface area contributed by atoms with E-state index in [0.29, 0.717) is 6.42 Å². The minimum Gasteiger partial charge on any atom is -0.352 e. The number of nitrogens with one attached hydrogen (secondary N) is 1. The van der Waals surface area contributed by atoms with Gasteiger partial charge in [-0.1, -0.05) is 30.7 Å². The molecule has 0 radical (unpaired) electrons. The fraction of sp³-hybridized carbons (Fsp3) is 0.462. The summed E-state index contributed by atoms with van der Waals surface area (Å²) in [6.45, 7) is 0.130. The molecule has 1 N–H and O–H groups in total. The maximum Gasteiger partial charge on any atom is 0.257 e. The van der Waals surface area contributed by atoms with Crippen LogP contribution < -0.4 is 5.32 Å². The molecule has 0 bridgehead atoms. The first kappa shape index (κ1) is 19.9. The third kappa shape index (κ3) is 4.92. The number of hydrogen-bond donors (Lipinski definition) is 1. The van der Waals surface area contributed by atoms with Crippen molar-refractivity contribution in [2.45, 2.75) is 32.0 Å². The number of amides is 1. The van der Waals surface area contributed by atoms with Crippen LogP contribution in [0, 0.1) is 23.3 Å². The maximum absolute atomic E-state index is 13.8. The lowest BCUT2D eigenvalue weighted by atomic mass is 9.53. The summed E-state index contributed by atoms with van der Waals surface area (Å²) in [7, 11) is 3.17. The molecule has 0 heterocycles. The van der Waals surface area contributed by atoms with E-state index in [0.717, 1.165) is 32.8 Å². The van der Waals surface area contributed by atoms with Crippen LogP contribution >= 0.6 is 0 Å². The summed E-state index contributed by atoms with van der Waals surface area (Å²) in [5.41, 5.74) is 5.34. The minimum atomic E-state index is -1.91. The van der Waals surface area contributed by atoms with Crippen molar-refractivity contribution in [3.8, 4) is 0 Å². The van der Waals surface area contributed by atoms with Crippen LogP contribution in [0.2, 0.25) is 6.32 Å². The van der Waals surface area contributed by atoms with Gasteiger partial charge in [0.1, 0.15) is 11.3 Å². The van der Waals surface area contributed by atoms with E-state index in [1.807, 2.05) is 0 Å². The van der Waals surface area contributed by atoms with Gasteiger partial charge in [0.25, 0.3) is 5.91 Å². The third-order valence-electron chi connectivity index (χ3n) is 3.43. The molecule has 1 aromatic rings. The number of carbonyl (C=O) groups excluding carboxylic acids is 1. The zero-order valence-corrected chi connectivity index (χ0v) is 13.2. The highest BCUT2D eigenvalue weighted by Gasteiger charge is 2.28. The molecule has 1 rings (SSSR count). The van der Waals surface area contributed by atoms with Crippen LogP contribution in [0.15, 0.2) is 5.11 Å². The molecule has 0 saturated heterocycles. The minimum absolute atomic E-state index is 0.130. The van der Waals surface area contributed by atoms with Crippen molar-refractivity contribution in [2.24, 2.45) is 5.11 Å². The molecule has 0 aliphatic heterocycles. The van der Waals surface area contributed by atoms with Gasteiger partial charge in [-0.2, -0.15) is 0 Å². The normalized spacial score (nSPS) is 10.2. The van der Waals surface area contributed by atoms with Gasteiger partial charge in [-0.15, -0.1) is 0 Å². The summed E-state index contributed by atoms with van der Waals surface area (Å²) < 4.78 is 54.7. The molecule has 0 unspecified atom stereocenters. The first-order valence-corrected chi connectivity index (χ1v) is 7.64. The van der Waals surface area contributed by atoms with Crippen molar-refractivity contribution in [3.63, 3.8) is 0 Å². The molecular formula is C13H16B2F4N4O. The maximum atomic E-state index is 13.8. The Balaban J connectivity index is 2.76. The van der Waals surface area contributed by atoms with Crippen molar-refractivity contribution in [1.82, 2.24) is 5.32 Å². The monoisotopic (exact) mass is 342 g/mol. The number of benzene rings is 1. The van der Waals surface area contributed by atoms with Gasteiger partial charge in [0, 0.05) is 11.5 Å². The Labute approximate surface area is 138 Å². The average molecular weight is 342 g/mol. The zero-order chi connectivity index (χ0) is 18.1. The topological polar surface area (TPSA) is 77.9 Å². The third-order valence-corrected chi connectivity index (χ3v) is 3.43. The van der Waals surface area contributed by atoms with Crippen LogP contribution in [0.1, 0.15) is 36.0 Å². The van der Waals surface area contributed by atoms with E-state index in [-0.39, 0.29) is 6.54 Å². The molecule has 0 aliphatic carbocycles. The van der Waals surface area contributed by atoms with Gasteiger partial charge < -0.3 is 5.32 Å². The lowest BCUT2D eigenvalue weighted by molar-refractivity contribution is 0.0942. The Morgan fingerprint density at radius 1 is 1.08 bits per heavy atom. The highest BCUT2D eigenvalue weighted by molar-refractivity contribution is 6.89. The summed E-state index contributed by atoms with van der Waals surface area (Å²) in [5.74, 6) is -8.86. The van der Waals surface area contributed by atoms with E-state index >= 15 is 0 Å². The van der Waals surface area contributed by atoms with E-state index in [4.69, 9.17) is 5.53 Å². The van der Waals surface area contributed by atoms with E-state index in [1.165, 1.54) is 0 Å². The predicted molar refractivity (Wildman–Crippen MR) is 86.4 cm³/mol. The van der Waals surface area contributed by atoms with Crippen molar-refractivity contribution in [2.75, 3.05) is 6.54 Å². The van der Waals surface area contributed by atoms with E-state index in [1.54, 1.807) is 0 Å². The number of unbranched alkanes of at least 4 members (excludes halogenated alkanes) is 3. The molecule has 1 aromatic carbocycles. The summed E-state index contributed by atoms with van der Waals surface area (Å²) in [4.78, 5) is 13.9. The van der Waals surface area contributed by atoms with E-state index in [9.17, 15) is 22.4 Å². The SMILES string of the molecule is BBCCCCCCNC(=O)c1c(F)c(F)c(N=[N+]=[N-])c(F)c1F. The lowest BCUT2D eigenvalue weighted by Crippen LogP contribution is -2.27. The molecule has 0 fully saturated rings. The Hall–Kier alpha value is -2.15. The lowest BCUT2D eigenvalue weighted by Gasteiger charge is -2.10. The Morgan fingerprint density at radius 3 is 2.21 bits per heavy atom. The molecular weight excluding hydrogens is 326 g/mol. The largest absolute Gasteiger partial charge is 0.352 e. The first-order chi connectivity index (χ1) is 11.5. The second-order valence-electron chi connectivity index (χ2n) is 5.19. The van der Waals surface area contributed by atoms with Gasteiger partial charge in [-0.25, -0.2) is 17.6 Å². The number of carbonyl (C=O) groups is 1. The van der Waals surface area contributed by atoms with Gasteiger partial charge in [0.15, 0.2) is 23.3 Å². The molecule has 128 valence electrons. The van der Waals surface area contributed by atoms with Crippen molar-refractivity contribution < 1.29 is 22.4 Å². The molecule has 0 saturated carbocycles. The fourth-order valence-electron chi connectivity index (χ4n) is 2.15. The summed E-state index contributed by atoms with van der Waals surface area (Å²) in [5, 5.41) is 4.78. The molecule has 0 spiro atoms. The highest BCUT2D eigenvalue weighted by atomic mass is 19.2. The number of azide groups is 1. The zero-order valence-electron chi connectivity index (χ0n) is 13.2. The van der Waals surface area contributed by atoms with Crippen molar-refractivity contribution in [3.05, 3.63) is 39.3 Å².